The molecule has 6 nitrogen and oxygen atoms in total. The van der Waals surface area contributed by atoms with E-state index in [-0.39, 0.29) is 24.6 Å². The molecule has 2 aliphatic heterocycles. The van der Waals surface area contributed by atoms with Crippen LogP contribution >= 0.6 is 0 Å². The Balaban J connectivity index is 2.26. The Morgan fingerprint density at radius 3 is 2.48 bits per heavy atom. The van der Waals surface area contributed by atoms with Crippen molar-refractivity contribution in [1.29, 1.82) is 0 Å². The number of esters is 1. The molecule has 2 heterocycles. The van der Waals surface area contributed by atoms with Crippen LogP contribution in [0.1, 0.15) is 60.8 Å². The Morgan fingerprint density at radius 1 is 1.30 bits per heavy atom. The molecule has 6 heteroatoms. The zero-order chi connectivity index (χ0) is 17.5. The van der Waals surface area contributed by atoms with E-state index in [1.807, 2.05) is 34.6 Å². The van der Waals surface area contributed by atoms with Gasteiger partial charge >= 0.3 is 5.97 Å². The van der Waals surface area contributed by atoms with E-state index in [2.05, 4.69) is 0 Å². The molecule has 0 aromatic rings. The van der Waals surface area contributed by atoms with Crippen LogP contribution in [-0.2, 0) is 24.2 Å². The van der Waals surface area contributed by atoms with Gasteiger partial charge in [-0.3, -0.25) is 4.79 Å². The van der Waals surface area contributed by atoms with Crippen LogP contribution in [0.4, 0.5) is 0 Å². The molecule has 2 rings (SSSR count). The molecule has 1 radical (unpaired) electrons. The Morgan fingerprint density at radius 2 is 1.96 bits per heavy atom. The lowest BCUT2D eigenvalue weighted by atomic mass is 9.67. The molecule has 0 aliphatic carbocycles. The van der Waals surface area contributed by atoms with Gasteiger partial charge in [0.2, 0.25) is 0 Å². The highest BCUT2D eigenvalue weighted by atomic mass is 16.8. The molecule has 0 aromatic carbocycles. The van der Waals surface area contributed by atoms with Gasteiger partial charge in [0.1, 0.15) is 12.7 Å². The normalized spacial score (nSPS) is 44.7. The predicted octanol–water partition coefficient (Wildman–Crippen LogP) is 2.69. The van der Waals surface area contributed by atoms with E-state index in [1.54, 1.807) is 0 Å². The van der Waals surface area contributed by atoms with E-state index in [0.29, 0.717) is 13.0 Å². The highest BCUT2D eigenvalue weighted by molar-refractivity contribution is 5.65. The molecule has 0 saturated carbocycles. The van der Waals surface area contributed by atoms with Gasteiger partial charge in [0.15, 0.2) is 5.79 Å². The van der Waals surface area contributed by atoms with Crippen molar-refractivity contribution < 1.29 is 24.2 Å². The van der Waals surface area contributed by atoms with E-state index >= 15 is 0 Å². The highest BCUT2D eigenvalue weighted by Crippen LogP contribution is 2.53. The molecular formula is C17H30NO5. The van der Waals surface area contributed by atoms with Gasteiger partial charge in [-0.25, -0.2) is 0 Å². The summed E-state index contributed by atoms with van der Waals surface area (Å²) in [7, 11) is 0. The highest BCUT2D eigenvalue weighted by Gasteiger charge is 2.63. The van der Waals surface area contributed by atoms with Crippen LogP contribution < -0.4 is 0 Å². The molecule has 1 spiro atoms. The summed E-state index contributed by atoms with van der Waals surface area (Å²) in [6.07, 6.45) is 1.69. The molecule has 23 heavy (non-hydrogen) atoms. The van der Waals surface area contributed by atoms with Crippen molar-refractivity contribution in [1.82, 2.24) is 5.06 Å². The average Bonchev–Trinajstić information content (AvgIpc) is 2.93. The van der Waals surface area contributed by atoms with Gasteiger partial charge in [0, 0.05) is 19.3 Å². The van der Waals surface area contributed by atoms with Crippen LogP contribution in [0.3, 0.4) is 0 Å². The minimum atomic E-state index is -0.790. The number of ether oxygens (including phenoxy) is 3. The number of piperidine rings is 1. The third-order valence-corrected chi connectivity index (χ3v) is 6.00. The fourth-order valence-electron chi connectivity index (χ4n) is 3.94. The molecule has 0 bridgehead atoms. The summed E-state index contributed by atoms with van der Waals surface area (Å²) in [6, 6.07) is 0. The Hall–Kier alpha value is -0.690. The van der Waals surface area contributed by atoms with Crippen LogP contribution in [0, 0.1) is 5.92 Å². The quantitative estimate of drug-likeness (QED) is 0.742. The molecule has 2 saturated heterocycles. The number of carbonyl (C=O) groups excluding carboxylic acids is 1. The van der Waals surface area contributed by atoms with Crippen LogP contribution in [0.15, 0.2) is 0 Å². The lowest BCUT2D eigenvalue weighted by Gasteiger charge is -2.59. The fraction of sp³-hybridized carbons (Fsp3) is 0.941. The van der Waals surface area contributed by atoms with Crippen molar-refractivity contribution in [2.45, 2.75) is 83.8 Å². The molecule has 0 aromatic heterocycles. The first-order valence-corrected chi connectivity index (χ1v) is 8.56. The molecule has 2 fully saturated rings. The average molecular weight is 328 g/mol. The number of hydrogen-bond donors (Lipinski definition) is 0. The molecule has 0 N–H and O–H groups in total. The van der Waals surface area contributed by atoms with Gasteiger partial charge in [0.25, 0.3) is 0 Å². The molecule has 0 amide bonds. The number of carbonyl (C=O) groups is 1. The van der Waals surface area contributed by atoms with Crippen molar-refractivity contribution >= 4 is 5.97 Å². The first kappa shape index (κ1) is 18.6. The van der Waals surface area contributed by atoms with Gasteiger partial charge in [-0.2, -0.15) is 0 Å². The topological polar surface area (TPSA) is 67.9 Å². The zero-order valence-electron chi connectivity index (χ0n) is 15.2. The summed E-state index contributed by atoms with van der Waals surface area (Å²) in [4.78, 5) is 11.0. The minimum Gasteiger partial charge on any atom is -0.463 e. The summed E-state index contributed by atoms with van der Waals surface area (Å²) >= 11 is 0. The van der Waals surface area contributed by atoms with Crippen molar-refractivity contribution in [2.24, 2.45) is 5.92 Å². The standard InChI is InChI=1S/C17H30NO5/c1-7-15(5)11-17(12(3)16(6,8-2)18(15)20)22-10-14(23-17)9-21-13(4)19/h12,14H,7-11H2,1-6H3. The van der Waals surface area contributed by atoms with E-state index < -0.39 is 16.9 Å². The maximum atomic E-state index is 13.0. The largest absolute Gasteiger partial charge is 0.463 e. The minimum absolute atomic E-state index is 0.0838. The number of hydrogen-bond acceptors (Lipinski definition) is 5. The monoisotopic (exact) mass is 328 g/mol. The van der Waals surface area contributed by atoms with Gasteiger partial charge < -0.3 is 14.2 Å². The number of hydroxylamine groups is 2. The maximum absolute atomic E-state index is 13.0. The van der Waals surface area contributed by atoms with Crippen molar-refractivity contribution in [3.8, 4) is 0 Å². The smallest absolute Gasteiger partial charge is 0.302 e. The summed E-state index contributed by atoms with van der Waals surface area (Å²) in [6.45, 7) is 12.0. The molecule has 5 atom stereocenters. The SMILES string of the molecule is CCC1(C)CC2(OCC(COC(C)=O)O2)C(C)C(C)(CC)N1[O]. The van der Waals surface area contributed by atoms with E-state index in [1.165, 1.54) is 12.0 Å². The van der Waals surface area contributed by atoms with Gasteiger partial charge in [0.05, 0.1) is 17.7 Å². The lowest BCUT2D eigenvalue weighted by molar-refractivity contribution is -0.374. The molecule has 5 unspecified atom stereocenters. The van der Waals surface area contributed by atoms with Crippen LogP contribution in [0.2, 0.25) is 0 Å². The van der Waals surface area contributed by atoms with E-state index in [9.17, 15) is 10.0 Å². The van der Waals surface area contributed by atoms with Crippen molar-refractivity contribution in [2.75, 3.05) is 13.2 Å². The summed E-state index contributed by atoms with van der Waals surface area (Å²) in [5, 5.41) is 14.3. The Kier molecular flexibility index (Phi) is 5.12. The zero-order valence-corrected chi connectivity index (χ0v) is 15.2. The first-order chi connectivity index (χ1) is 10.6. The van der Waals surface area contributed by atoms with Gasteiger partial charge in [-0.1, -0.05) is 20.8 Å². The molecule has 133 valence electrons. The lowest BCUT2D eigenvalue weighted by Crippen LogP contribution is -2.70. The second-order valence-electron chi connectivity index (χ2n) is 7.42. The summed E-state index contributed by atoms with van der Waals surface area (Å²) in [5.74, 6) is -1.20. The fourth-order valence-corrected chi connectivity index (χ4v) is 3.94. The molecular weight excluding hydrogens is 298 g/mol. The molecule has 2 aliphatic rings. The summed E-state index contributed by atoms with van der Waals surface area (Å²) < 4.78 is 17.4. The predicted molar refractivity (Wildman–Crippen MR) is 83.9 cm³/mol. The van der Waals surface area contributed by atoms with Crippen LogP contribution in [0.5, 0.6) is 0 Å². The van der Waals surface area contributed by atoms with E-state index in [0.717, 1.165) is 12.8 Å². The third-order valence-electron chi connectivity index (χ3n) is 6.00. The van der Waals surface area contributed by atoms with E-state index in [4.69, 9.17) is 14.2 Å². The summed E-state index contributed by atoms with van der Waals surface area (Å²) in [5.41, 5.74) is -1.09. The first-order valence-electron chi connectivity index (χ1n) is 8.56. The van der Waals surface area contributed by atoms with Crippen LogP contribution in [-0.4, -0.2) is 47.2 Å². The Labute approximate surface area is 139 Å². The van der Waals surface area contributed by atoms with Crippen LogP contribution in [0.25, 0.3) is 0 Å². The van der Waals surface area contributed by atoms with Gasteiger partial charge in [-0.15, -0.1) is 10.3 Å². The second-order valence-corrected chi connectivity index (χ2v) is 7.42. The van der Waals surface area contributed by atoms with Crippen molar-refractivity contribution in [3.63, 3.8) is 0 Å². The Bertz CT molecular complexity index is 458. The maximum Gasteiger partial charge on any atom is 0.302 e. The van der Waals surface area contributed by atoms with Gasteiger partial charge in [-0.05, 0) is 26.7 Å². The third kappa shape index (κ3) is 3.02. The van der Waals surface area contributed by atoms with Crippen molar-refractivity contribution in [3.05, 3.63) is 0 Å². The number of nitrogens with zero attached hydrogens (tertiary/aromatic N) is 1. The number of rotatable bonds is 4. The second kappa shape index (κ2) is 6.31.